The minimum Gasteiger partial charge on any atom is -0.481 e. The van der Waals surface area contributed by atoms with E-state index in [1.165, 1.54) is 16.7 Å². The second-order valence-corrected chi connectivity index (χ2v) is 7.72. The first-order valence-corrected chi connectivity index (χ1v) is 9.78. The lowest BCUT2D eigenvalue weighted by atomic mass is 9.61. The standard InChI is InChI=1S/C22H21NO9/c24-17(25)10-13(20(29)30)22(14(21(31)32)11-18(26)27)8-9-23-15(6-7-16(22)23)19(28)12-4-2-1-3-5-12/h1-7,13-14H,8-11H2,(H,24,25)(H,26,27)(H,29,30)(H,31,32). The van der Waals surface area contributed by atoms with E-state index in [0.717, 1.165) is 0 Å². The monoisotopic (exact) mass is 443 g/mol. The van der Waals surface area contributed by atoms with Crippen molar-refractivity contribution in [1.29, 1.82) is 0 Å². The Hall–Kier alpha value is -3.95. The molecule has 0 spiro atoms. The van der Waals surface area contributed by atoms with Gasteiger partial charge < -0.3 is 25.0 Å². The number of carbonyl (C=O) groups excluding carboxylic acids is 1. The van der Waals surface area contributed by atoms with Crippen LogP contribution in [0.15, 0.2) is 42.5 Å². The largest absolute Gasteiger partial charge is 0.481 e. The molecule has 2 unspecified atom stereocenters. The molecule has 2 heterocycles. The van der Waals surface area contributed by atoms with E-state index in [9.17, 15) is 44.4 Å². The van der Waals surface area contributed by atoms with Crippen molar-refractivity contribution in [3.05, 3.63) is 59.4 Å². The highest BCUT2D eigenvalue weighted by molar-refractivity contribution is 6.08. The predicted molar refractivity (Wildman–Crippen MR) is 107 cm³/mol. The number of ketones is 1. The summed E-state index contributed by atoms with van der Waals surface area (Å²) in [6.45, 7) is 0.0447. The Bertz CT molecular complexity index is 1050. The average molecular weight is 443 g/mol. The number of aromatic nitrogens is 1. The minimum atomic E-state index is -1.83. The Kier molecular flexibility index (Phi) is 6.15. The fourth-order valence-corrected chi connectivity index (χ4v) is 4.75. The molecule has 10 nitrogen and oxygen atoms in total. The third-order valence-corrected chi connectivity index (χ3v) is 6.07. The fraction of sp³-hybridized carbons (Fsp3) is 0.318. The van der Waals surface area contributed by atoms with Gasteiger partial charge in [0, 0.05) is 23.2 Å². The molecule has 1 aliphatic heterocycles. The molecule has 10 heteroatoms. The molecule has 1 aromatic carbocycles. The summed E-state index contributed by atoms with van der Waals surface area (Å²) in [4.78, 5) is 60.2. The molecule has 0 saturated carbocycles. The Balaban J connectivity index is 2.21. The summed E-state index contributed by atoms with van der Waals surface area (Å²) in [6, 6.07) is 11.1. The first-order chi connectivity index (χ1) is 15.1. The molecular formula is C22H21NO9. The Labute approximate surface area is 181 Å². The third kappa shape index (κ3) is 3.86. The molecule has 2 atom stereocenters. The van der Waals surface area contributed by atoms with Gasteiger partial charge >= 0.3 is 23.9 Å². The zero-order chi connectivity index (χ0) is 23.6. The predicted octanol–water partition coefficient (Wildman–Crippen LogP) is 1.71. The zero-order valence-electron chi connectivity index (χ0n) is 16.8. The first kappa shape index (κ1) is 22.7. The summed E-state index contributed by atoms with van der Waals surface area (Å²) in [6.07, 6.45) is -1.93. The van der Waals surface area contributed by atoms with Crippen LogP contribution in [0.2, 0.25) is 0 Å². The molecule has 3 rings (SSSR count). The number of carbonyl (C=O) groups is 5. The summed E-state index contributed by atoms with van der Waals surface area (Å²) in [5.41, 5.74) is -1.14. The summed E-state index contributed by atoms with van der Waals surface area (Å²) in [7, 11) is 0. The third-order valence-electron chi connectivity index (χ3n) is 6.07. The number of aliphatic carboxylic acids is 4. The summed E-state index contributed by atoms with van der Waals surface area (Å²) >= 11 is 0. The summed E-state index contributed by atoms with van der Waals surface area (Å²) < 4.78 is 1.48. The van der Waals surface area contributed by atoms with Gasteiger partial charge in [-0.1, -0.05) is 30.3 Å². The van der Waals surface area contributed by atoms with Crippen molar-refractivity contribution < 1.29 is 44.4 Å². The molecule has 32 heavy (non-hydrogen) atoms. The first-order valence-electron chi connectivity index (χ1n) is 9.78. The molecule has 0 amide bonds. The van der Waals surface area contributed by atoms with Gasteiger partial charge in [0.2, 0.25) is 5.78 Å². The number of carboxylic acid groups (broad SMARTS) is 4. The molecule has 1 aromatic heterocycles. The maximum absolute atomic E-state index is 13.0. The summed E-state index contributed by atoms with van der Waals surface area (Å²) in [5.74, 6) is -9.80. The van der Waals surface area contributed by atoms with E-state index in [0.29, 0.717) is 5.56 Å². The molecular weight excluding hydrogens is 422 g/mol. The fourth-order valence-electron chi connectivity index (χ4n) is 4.75. The summed E-state index contributed by atoms with van der Waals surface area (Å²) in [5, 5.41) is 38.3. The van der Waals surface area contributed by atoms with E-state index >= 15 is 0 Å². The minimum absolute atomic E-state index is 0.0447. The molecule has 0 radical (unpaired) electrons. The molecule has 4 N–H and O–H groups in total. The van der Waals surface area contributed by atoms with Crippen LogP contribution in [0.5, 0.6) is 0 Å². The van der Waals surface area contributed by atoms with Gasteiger partial charge in [0.1, 0.15) is 0 Å². The Morgan fingerprint density at radius 3 is 1.81 bits per heavy atom. The van der Waals surface area contributed by atoms with E-state index in [1.807, 2.05) is 0 Å². The quantitative estimate of drug-likeness (QED) is 0.399. The van der Waals surface area contributed by atoms with Gasteiger partial charge in [0.05, 0.1) is 30.4 Å². The van der Waals surface area contributed by atoms with Crippen molar-refractivity contribution in [2.45, 2.75) is 31.2 Å². The van der Waals surface area contributed by atoms with Gasteiger partial charge in [-0.3, -0.25) is 24.0 Å². The van der Waals surface area contributed by atoms with Crippen molar-refractivity contribution in [2.24, 2.45) is 11.8 Å². The van der Waals surface area contributed by atoms with Gasteiger partial charge in [-0.2, -0.15) is 0 Å². The van der Waals surface area contributed by atoms with Crippen LogP contribution in [-0.2, 0) is 31.1 Å². The highest BCUT2D eigenvalue weighted by Gasteiger charge is 2.58. The van der Waals surface area contributed by atoms with E-state index < -0.39 is 54.0 Å². The van der Waals surface area contributed by atoms with Crippen LogP contribution < -0.4 is 0 Å². The number of nitrogens with zero attached hydrogens (tertiary/aromatic N) is 1. The van der Waals surface area contributed by atoms with Crippen molar-refractivity contribution in [3.63, 3.8) is 0 Å². The van der Waals surface area contributed by atoms with E-state index in [4.69, 9.17) is 0 Å². The number of fused-ring (bicyclic) bond motifs is 1. The molecule has 0 bridgehead atoms. The second-order valence-electron chi connectivity index (χ2n) is 7.72. The van der Waals surface area contributed by atoms with Crippen LogP contribution in [0.3, 0.4) is 0 Å². The Morgan fingerprint density at radius 2 is 1.34 bits per heavy atom. The normalized spacial score (nSPS) is 19.0. The highest BCUT2D eigenvalue weighted by Crippen LogP contribution is 2.51. The molecule has 1 aliphatic rings. The van der Waals surface area contributed by atoms with E-state index in [-0.39, 0.29) is 30.1 Å². The van der Waals surface area contributed by atoms with Gasteiger partial charge in [-0.15, -0.1) is 0 Å². The number of rotatable bonds is 10. The van der Waals surface area contributed by atoms with Crippen LogP contribution in [0.25, 0.3) is 0 Å². The molecule has 0 saturated heterocycles. The van der Waals surface area contributed by atoms with Crippen LogP contribution >= 0.6 is 0 Å². The topological polar surface area (TPSA) is 171 Å². The van der Waals surface area contributed by atoms with Gasteiger partial charge in [0.25, 0.3) is 0 Å². The highest BCUT2D eigenvalue weighted by atomic mass is 16.4. The number of carboxylic acids is 4. The van der Waals surface area contributed by atoms with Crippen LogP contribution in [0.1, 0.15) is 41.0 Å². The van der Waals surface area contributed by atoms with Gasteiger partial charge in [0.15, 0.2) is 0 Å². The number of hydrogen-bond acceptors (Lipinski definition) is 5. The number of hydrogen-bond donors (Lipinski definition) is 4. The zero-order valence-corrected chi connectivity index (χ0v) is 16.8. The average Bonchev–Trinajstić information content (AvgIpc) is 3.31. The maximum Gasteiger partial charge on any atom is 0.308 e. The van der Waals surface area contributed by atoms with Crippen LogP contribution in [-0.4, -0.2) is 54.7 Å². The second kappa shape index (κ2) is 8.66. The lowest BCUT2D eigenvalue weighted by Gasteiger charge is -2.38. The van der Waals surface area contributed by atoms with E-state index in [2.05, 4.69) is 0 Å². The lowest BCUT2D eigenvalue weighted by Crippen LogP contribution is -2.49. The SMILES string of the molecule is O=C(O)CC(C(=O)O)C1(C(CC(=O)O)C(=O)O)CCn2c(C(=O)c3ccccc3)ccc21. The Morgan fingerprint density at radius 1 is 0.812 bits per heavy atom. The maximum atomic E-state index is 13.0. The van der Waals surface area contributed by atoms with Crippen LogP contribution in [0.4, 0.5) is 0 Å². The van der Waals surface area contributed by atoms with Gasteiger partial charge in [-0.25, -0.2) is 0 Å². The van der Waals surface area contributed by atoms with Crippen LogP contribution in [0, 0.1) is 11.8 Å². The van der Waals surface area contributed by atoms with Crippen molar-refractivity contribution in [1.82, 2.24) is 4.57 Å². The van der Waals surface area contributed by atoms with E-state index in [1.54, 1.807) is 30.3 Å². The van der Waals surface area contributed by atoms with Crippen molar-refractivity contribution in [2.75, 3.05) is 0 Å². The van der Waals surface area contributed by atoms with Gasteiger partial charge in [-0.05, 0) is 18.6 Å². The van der Waals surface area contributed by atoms with Crippen molar-refractivity contribution >= 4 is 29.7 Å². The molecule has 168 valence electrons. The van der Waals surface area contributed by atoms with Crippen molar-refractivity contribution in [3.8, 4) is 0 Å². The lowest BCUT2D eigenvalue weighted by molar-refractivity contribution is -0.159. The molecule has 0 fully saturated rings. The smallest absolute Gasteiger partial charge is 0.308 e. The molecule has 0 aliphatic carbocycles. The molecule has 2 aromatic rings. The number of benzene rings is 1.